The Morgan fingerprint density at radius 2 is 1.73 bits per heavy atom. The lowest BCUT2D eigenvalue weighted by molar-refractivity contribution is 0.0417. The number of aromatic nitrogens is 1. The number of ether oxygens (including phenoxy) is 1. The van der Waals surface area contributed by atoms with Crippen LogP contribution < -0.4 is 5.32 Å². The van der Waals surface area contributed by atoms with Crippen molar-refractivity contribution < 1.29 is 14.3 Å². The number of amides is 1. The summed E-state index contributed by atoms with van der Waals surface area (Å²) < 4.78 is 5.48. The van der Waals surface area contributed by atoms with Gasteiger partial charge >= 0.3 is 6.09 Å². The monoisotopic (exact) mass is 443 g/mol. The number of rotatable bonds is 7. The van der Waals surface area contributed by atoms with Gasteiger partial charge in [0.2, 0.25) is 0 Å². The molecule has 4 rings (SSSR count). The Hall–Kier alpha value is -3.51. The molecule has 170 valence electrons. The number of Topliss-reactive ketones (excluding diaryl/α,β-unsaturated/α-hetero) is 1. The first-order valence-electron chi connectivity index (χ1n) is 11.3. The molecular weight excluding hydrogens is 414 g/mol. The van der Waals surface area contributed by atoms with Crippen molar-refractivity contribution >= 4 is 11.9 Å². The minimum Gasteiger partial charge on any atom is -0.445 e. The lowest BCUT2D eigenvalue weighted by Gasteiger charge is -2.42. The molecule has 0 spiro atoms. The summed E-state index contributed by atoms with van der Waals surface area (Å²) in [5.41, 5.74) is 3.57. The maximum absolute atomic E-state index is 13.5. The number of carbonyl (C=O) groups is 2. The summed E-state index contributed by atoms with van der Waals surface area (Å²) >= 11 is 0. The average molecular weight is 444 g/mol. The lowest BCUT2D eigenvalue weighted by Crippen LogP contribution is -2.59. The number of benzene rings is 2. The average Bonchev–Trinajstić information content (AvgIpc) is 2.84. The molecule has 2 atom stereocenters. The largest absolute Gasteiger partial charge is 0.445 e. The van der Waals surface area contributed by atoms with Crippen molar-refractivity contribution in [3.63, 3.8) is 0 Å². The van der Waals surface area contributed by atoms with Crippen LogP contribution in [-0.2, 0) is 24.3 Å². The van der Waals surface area contributed by atoms with Crippen molar-refractivity contribution in [2.24, 2.45) is 5.92 Å². The van der Waals surface area contributed by atoms with E-state index >= 15 is 0 Å². The fourth-order valence-corrected chi connectivity index (χ4v) is 4.28. The Morgan fingerprint density at radius 3 is 2.39 bits per heavy atom. The van der Waals surface area contributed by atoms with Gasteiger partial charge in [-0.05, 0) is 35.1 Å². The van der Waals surface area contributed by atoms with Gasteiger partial charge in [-0.25, -0.2) is 4.79 Å². The van der Waals surface area contributed by atoms with Crippen LogP contribution in [0.2, 0.25) is 0 Å². The molecule has 0 aliphatic carbocycles. The van der Waals surface area contributed by atoms with Crippen molar-refractivity contribution in [3.8, 4) is 0 Å². The third-order valence-electron chi connectivity index (χ3n) is 5.97. The second kappa shape index (κ2) is 10.4. The Labute approximate surface area is 194 Å². The van der Waals surface area contributed by atoms with Gasteiger partial charge in [0.15, 0.2) is 5.78 Å². The first-order valence-corrected chi connectivity index (χ1v) is 11.3. The summed E-state index contributed by atoms with van der Waals surface area (Å²) in [5, 5.41) is 3.02. The van der Waals surface area contributed by atoms with Crippen molar-refractivity contribution in [3.05, 3.63) is 101 Å². The molecule has 0 saturated carbocycles. The molecule has 3 aromatic rings. The minimum absolute atomic E-state index is 0.0262. The van der Waals surface area contributed by atoms with E-state index in [4.69, 9.17) is 4.74 Å². The second-order valence-electron chi connectivity index (χ2n) is 8.67. The van der Waals surface area contributed by atoms with E-state index in [1.807, 2.05) is 80.6 Å². The highest BCUT2D eigenvalue weighted by atomic mass is 16.5. The van der Waals surface area contributed by atoms with E-state index in [0.717, 1.165) is 16.7 Å². The van der Waals surface area contributed by atoms with Crippen molar-refractivity contribution in [2.45, 2.75) is 45.6 Å². The summed E-state index contributed by atoms with van der Waals surface area (Å²) in [6.45, 7) is 4.81. The molecule has 0 bridgehead atoms. The predicted octanol–water partition coefficient (Wildman–Crippen LogP) is 4.60. The number of nitrogens with one attached hydrogen (secondary N) is 1. The number of ketones is 1. The van der Waals surface area contributed by atoms with Crippen molar-refractivity contribution in [1.29, 1.82) is 0 Å². The standard InChI is InChI=1S/C27H29N3O3/c1-19(2)26(29-27(32)33-18-21-11-7-4-8-12-21)30-17-22-13-14-28-16-23(22)25(31)24(30)15-20-9-5-3-6-10-20/h3-14,16,19,24,26H,15,17-18H2,1-2H3,(H,29,32). The molecule has 2 aromatic carbocycles. The minimum atomic E-state index is -0.496. The van der Waals surface area contributed by atoms with Gasteiger partial charge in [0.25, 0.3) is 0 Å². The number of hydrogen-bond acceptors (Lipinski definition) is 5. The van der Waals surface area contributed by atoms with Gasteiger partial charge in [0, 0.05) is 24.5 Å². The first kappa shape index (κ1) is 22.7. The molecule has 0 saturated heterocycles. The number of nitrogens with zero attached hydrogens (tertiary/aromatic N) is 2. The van der Waals surface area contributed by atoms with Crippen molar-refractivity contribution in [2.75, 3.05) is 0 Å². The molecule has 33 heavy (non-hydrogen) atoms. The normalized spacial score (nSPS) is 16.8. The third-order valence-corrected chi connectivity index (χ3v) is 5.97. The Morgan fingerprint density at radius 1 is 1.06 bits per heavy atom. The van der Waals surface area contributed by atoms with Crippen molar-refractivity contribution in [1.82, 2.24) is 15.2 Å². The molecule has 1 aromatic heterocycles. The van der Waals surface area contributed by atoms with Crippen LogP contribution in [-0.4, -0.2) is 34.0 Å². The van der Waals surface area contributed by atoms with Crippen LogP contribution in [0, 0.1) is 5.92 Å². The molecule has 0 radical (unpaired) electrons. The molecular formula is C27H29N3O3. The Bertz CT molecular complexity index is 1090. The molecule has 1 amide bonds. The van der Waals surface area contributed by atoms with Crippen LogP contribution >= 0.6 is 0 Å². The van der Waals surface area contributed by atoms with Crippen LogP contribution in [0.25, 0.3) is 0 Å². The zero-order valence-electron chi connectivity index (χ0n) is 19.0. The maximum atomic E-state index is 13.5. The third kappa shape index (κ3) is 5.46. The van der Waals surface area contributed by atoms with Crippen LogP contribution in [0.4, 0.5) is 4.79 Å². The van der Waals surface area contributed by atoms with E-state index in [1.165, 1.54) is 0 Å². The Kier molecular flexibility index (Phi) is 7.15. The van der Waals surface area contributed by atoms with E-state index in [9.17, 15) is 9.59 Å². The number of carbonyl (C=O) groups excluding carboxylic acids is 2. The van der Waals surface area contributed by atoms with E-state index in [0.29, 0.717) is 18.5 Å². The maximum Gasteiger partial charge on any atom is 0.408 e. The number of fused-ring (bicyclic) bond motifs is 1. The van der Waals surface area contributed by atoms with Crippen LogP contribution in [0.15, 0.2) is 79.1 Å². The van der Waals surface area contributed by atoms with Gasteiger partial charge in [0.1, 0.15) is 6.61 Å². The van der Waals surface area contributed by atoms with Gasteiger partial charge in [-0.3, -0.25) is 14.7 Å². The van der Waals surface area contributed by atoms with Gasteiger partial charge in [-0.2, -0.15) is 0 Å². The first-order chi connectivity index (χ1) is 16.0. The zero-order chi connectivity index (χ0) is 23.2. The fourth-order valence-electron chi connectivity index (χ4n) is 4.28. The molecule has 0 fully saturated rings. The summed E-state index contributed by atoms with van der Waals surface area (Å²) in [5.74, 6) is 0.0852. The van der Waals surface area contributed by atoms with Gasteiger partial charge in [-0.1, -0.05) is 74.5 Å². The van der Waals surface area contributed by atoms with Crippen LogP contribution in [0.3, 0.4) is 0 Å². The molecule has 1 aliphatic rings. The fraction of sp³-hybridized carbons (Fsp3) is 0.296. The van der Waals surface area contributed by atoms with Crippen LogP contribution in [0.1, 0.15) is 40.9 Å². The molecule has 1 N–H and O–H groups in total. The molecule has 6 nitrogen and oxygen atoms in total. The highest BCUT2D eigenvalue weighted by Gasteiger charge is 2.39. The van der Waals surface area contributed by atoms with Gasteiger partial charge < -0.3 is 10.1 Å². The zero-order valence-corrected chi connectivity index (χ0v) is 19.0. The summed E-state index contributed by atoms with van der Waals surface area (Å²) in [7, 11) is 0. The van der Waals surface area contributed by atoms with Gasteiger partial charge in [-0.15, -0.1) is 0 Å². The van der Waals surface area contributed by atoms with Crippen LogP contribution in [0.5, 0.6) is 0 Å². The molecule has 2 unspecified atom stereocenters. The van der Waals surface area contributed by atoms with E-state index < -0.39 is 12.1 Å². The number of alkyl carbamates (subject to hydrolysis) is 1. The predicted molar refractivity (Wildman–Crippen MR) is 126 cm³/mol. The van der Waals surface area contributed by atoms with E-state index in [1.54, 1.807) is 12.4 Å². The second-order valence-corrected chi connectivity index (χ2v) is 8.67. The van der Waals surface area contributed by atoms with Gasteiger partial charge in [0.05, 0.1) is 12.2 Å². The topological polar surface area (TPSA) is 71.5 Å². The van der Waals surface area contributed by atoms with E-state index in [2.05, 4.69) is 15.2 Å². The number of hydrogen-bond donors (Lipinski definition) is 1. The quantitative estimate of drug-likeness (QED) is 0.578. The number of pyridine rings is 1. The summed E-state index contributed by atoms with van der Waals surface area (Å²) in [6.07, 6.45) is 3.04. The lowest BCUT2D eigenvalue weighted by atomic mass is 9.88. The molecule has 6 heteroatoms. The summed E-state index contributed by atoms with van der Waals surface area (Å²) in [6, 6.07) is 21.0. The highest BCUT2D eigenvalue weighted by molar-refractivity contribution is 6.02. The Balaban J connectivity index is 1.56. The SMILES string of the molecule is CC(C)C(NC(=O)OCc1ccccc1)N1Cc2ccncc2C(=O)C1Cc1ccccc1. The summed E-state index contributed by atoms with van der Waals surface area (Å²) in [4.78, 5) is 32.5. The molecule has 1 aliphatic heterocycles. The smallest absolute Gasteiger partial charge is 0.408 e. The van der Waals surface area contributed by atoms with E-state index in [-0.39, 0.29) is 24.5 Å². The molecule has 2 heterocycles. The highest BCUT2D eigenvalue weighted by Crippen LogP contribution is 2.28.